The Balaban J connectivity index is 2.15. The number of ketones is 1. The second-order valence-electron chi connectivity index (χ2n) is 4.19. The van der Waals surface area contributed by atoms with E-state index in [9.17, 15) is 4.79 Å². The number of ether oxygens (including phenoxy) is 1. The van der Waals surface area contributed by atoms with Crippen molar-refractivity contribution >= 4 is 23.1 Å². The molecule has 0 atom stereocenters. The third-order valence-electron chi connectivity index (χ3n) is 2.82. The highest BCUT2D eigenvalue weighted by Gasteiger charge is 2.11. The molecule has 19 heavy (non-hydrogen) atoms. The summed E-state index contributed by atoms with van der Waals surface area (Å²) in [7, 11) is 1.61. The van der Waals surface area contributed by atoms with Crippen LogP contribution in [0.4, 0.5) is 5.69 Å². The molecule has 2 N–H and O–H groups in total. The number of carbonyl (C=O) groups excluding carboxylic acids is 1. The van der Waals surface area contributed by atoms with Gasteiger partial charge in [0.2, 0.25) is 0 Å². The van der Waals surface area contributed by atoms with Gasteiger partial charge in [0.1, 0.15) is 5.75 Å². The van der Waals surface area contributed by atoms with Gasteiger partial charge in [-0.3, -0.25) is 4.79 Å². The number of halogens is 1. The fraction of sp³-hybridized carbons (Fsp3) is 0.133. The van der Waals surface area contributed by atoms with Crippen molar-refractivity contribution in [2.24, 2.45) is 0 Å². The number of nitrogen functional groups attached to an aromatic ring is 1. The first-order valence-electron chi connectivity index (χ1n) is 5.81. The molecule has 98 valence electrons. The molecular formula is C15H14ClNO2. The van der Waals surface area contributed by atoms with E-state index >= 15 is 0 Å². The van der Waals surface area contributed by atoms with E-state index < -0.39 is 0 Å². The molecule has 4 heteroatoms. The van der Waals surface area contributed by atoms with Gasteiger partial charge < -0.3 is 10.5 Å². The monoisotopic (exact) mass is 275 g/mol. The van der Waals surface area contributed by atoms with Gasteiger partial charge in [0.15, 0.2) is 5.78 Å². The highest BCUT2D eigenvalue weighted by molar-refractivity contribution is 6.34. The minimum atomic E-state index is -0.0323. The molecule has 0 bridgehead atoms. The van der Waals surface area contributed by atoms with Gasteiger partial charge in [-0.2, -0.15) is 0 Å². The lowest BCUT2D eigenvalue weighted by Gasteiger charge is -2.05. The maximum atomic E-state index is 12.1. The number of Topliss-reactive ketones (excluding diaryl/α,β-unsaturated/α-hetero) is 1. The van der Waals surface area contributed by atoms with Gasteiger partial charge in [0.25, 0.3) is 0 Å². The molecule has 2 aromatic rings. The lowest BCUT2D eigenvalue weighted by atomic mass is 10.0. The van der Waals surface area contributed by atoms with Crippen LogP contribution in [0.25, 0.3) is 0 Å². The molecule has 0 unspecified atom stereocenters. The summed E-state index contributed by atoms with van der Waals surface area (Å²) in [5.74, 6) is 0.733. The summed E-state index contributed by atoms with van der Waals surface area (Å²) in [6, 6.07) is 12.3. The van der Waals surface area contributed by atoms with Gasteiger partial charge in [0.05, 0.1) is 12.1 Å². The predicted molar refractivity (Wildman–Crippen MR) is 76.9 cm³/mol. The largest absolute Gasteiger partial charge is 0.497 e. The first-order valence-corrected chi connectivity index (χ1v) is 6.19. The molecule has 2 rings (SSSR count). The topological polar surface area (TPSA) is 52.3 Å². The Hall–Kier alpha value is -2.00. The standard InChI is InChI=1S/C15H14ClNO2/c1-19-12-5-2-10(3-6-12)8-15(18)13-7-4-11(17)9-14(13)16/h2-7,9H,8,17H2,1H3. The van der Waals surface area contributed by atoms with Crippen molar-refractivity contribution in [1.29, 1.82) is 0 Å². The molecule has 0 saturated heterocycles. The molecule has 2 aromatic carbocycles. The van der Waals surface area contributed by atoms with Crippen LogP contribution in [0.1, 0.15) is 15.9 Å². The van der Waals surface area contributed by atoms with Gasteiger partial charge in [-0.25, -0.2) is 0 Å². The van der Waals surface area contributed by atoms with Crippen LogP contribution in [-0.4, -0.2) is 12.9 Å². The van der Waals surface area contributed by atoms with Crippen LogP contribution in [0, 0.1) is 0 Å². The van der Waals surface area contributed by atoms with E-state index in [0.717, 1.165) is 11.3 Å². The number of anilines is 1. The molecular weight excluding hydrogens is 262 g/mol. The number of hydrogen-bond acceptors (Lipinski definition) is 3. The molecule has 0 aliphatic heterocycles. The lowest BCUT2D eigenvalue weighted by Crippen LogP contribution is -2.04. The number of hydrogen-bond donors (Lipinski definition) is 1. The van der Waals surface area contributed by atoms with E-state index in [1.54, 1.807) is 25.3 Å². The average molecular weight is 276 g/mol. The third kappa shape index (κ3) is 3.26. The summed E-state index contributed by atoms with van der Waals surface area (Å²) in [6.07, 6.45) is 0.299. The maximum absolute atomic E-state index is 12.1. The van der Waals surface area contributed by atoms with Crippen LogP contribution in [0.5, 0.6) is 5.75 Å². The van der Waals surface area contributed by atoms with Crippen LogP contribution in [0.3, 0.4) is 0 Å². The SMILES string of the molecule is COc1ccc(CC(=O)c2ccc(N)cc2Cl)cc1. The Kier molecular flexibility index (Phi) is 4.07. The molecule has 3 nitrogen and oxygen atoms in total. The number of methoxy groups -OCH3 is 1. The Morgan fingerprint density at radius 3 is 2.47 bits per heavy atom. The Labute approximate surface area is 117 Å². The van der Waals surface area contributed by atoms with E-state index in [4.69, 9.17) is 22.1 Å². The van der Waals surface area contributed by atoms with E-state index in [1.807, 2.05) is 24.3 Å². The van der Waals surface area contributed by atoms with Crippen molar-refractivity contribution in [3.63, 3.8) is 0 Å². The van der Waals surface area contributed by atoms with Crippen LogP contribution >= 0.6 is 11.6 Å². The summed E-state index contributed by atoms with van der Waals surface area (Å²) >= 11 is 6.02. The Bertz CT molecular complexity index is 594. The highest BCUT2D eigenvalue weighted by Crippen LogP contribution is 2.21. The Morgan fingerprint density at radius 2 is 1.89 bits per heavy atom. The first-order chi connectivity index (χ1) is 9.10. The number of carbonyl (C=O) groups is 1. The predicted octanol–water partition coefficient (Wildman–Crippen LogP) is 3.36. The molecule has 0 aliphatic carbocycles. The van der Waals surface area contributed by atoms with E-state index in [2.05, 4.69) is 0 Å². The molecule has 0 fully saturated rings. The summed E-state index contributed by atoms with van der Waals surface area (Å²) in [5, 5.41) is 0.388. The summed E-state index contributed by atoms with van der Waals surface area (Å²) < 4.78 is 5.07. The summed E-state index contributed by atoms with van der Waals surface area (Å²) in [5.41, 5.74) is 7.56. The molecule has 0 heterocycles. The second-order valence-corrected chi connectivity index (χ2v) is 4.59. The molecule has 0 saturated carbocycles. The van der Waals surface area contributed by atoms with Crippen LogP contribution in [0.2, 0.25) is 5.02 Å². The Morgan fingerprint density at radius 1 is 1.21 bits per heavy atom. The smallest absolute Gasteiger partial charge is 0.168 e. The van der Waals surface area contributed by atoms with E-state index in [1.165, 1.54) is 0 Å². The molecule has 0 spiro atoms. The molecule has 0 aliphatic rings. The van der Waals surface area contributed by atoms with Crippen molar-refractivity contribution in [2.75, 3.05) is 12.8 Å². The zero-order valence-electron chi connectivity index (χ0n) is 10.5. The fourth-order valence-corrected chi connectivity index (χ4v) is 2.08. The normalized spacial score (nSPS) is 10.2. The van der Waals surface area contributed by atoms with Gasteiger partial charge >= 0.3 is 0 Å². The van der Waals surface area contributed by atoms with Gasteiger partial charge in [-0.05, 0) is 35.9 Å². The first kappa shape index (κ1) is 13.4. The van der Waals surface area contributed by atoms with Crippen molar-refractivity contribution in [3.05, 3.63) is 58.6 Å². The van der Waals surface area contributed by atoms with E-state index in [-0.39, 0.29) is 5.78 Å². The van der Waals surface area contributed by atoms with Crippen molar-refractivity contribution < 1.29 is 9.53 Å². The minimum absolute atomic E-state index is 0.0323. The lowest BCUT2D eigenvalue weighted by molar-refractivity contribution is 0.0993. The number of nitrogens with two attached hydrogens (primary N) is 1. The quantitative estimate of drug-likeness (QED) is 0.688. The zero-order chi connectivity index (χ0) is 13.8. The maximum Gasteiger partial charge on any atom is 0.168 e. The number of benzene rings is 2. The summed E-state index contributed by atoms with van der Waals surface area (Å²) in [4.78, 5) is 12.1. The minimum Gasteiger partial charge on any atom is -0.497 e. The van der Waals surface area contributed by atoms with Crippen LogP contribution in [-0.2, 0) is 6.42 Å². The van der Waals surface area contributed by atoms with Gasteiger partial charge in [-0.1, -0.05) is 23.7 Å². The van der Waals surface area contributed by atoms with Crippen molar-refractivity contribution in [2.45, 2.75) is 6.42 Å². The van der Waals surface area contributed by atoms with Crippen LogP contribution < -0.4 is 10.5 Å². The molecule has 0 radical (unpaired) electrons. The fourth-order valence-electron chi connectivity index (χ4n) is 1.78. The van der Waals surface area contributed by atoms with Crippen LogP contribution in [0.15, 0.2) is 42.5 Å². The van der Waals surface area contributed by atoms with Crippen molar-refractivity contribution in [1.82, 2.24) is 0 Å². The second kappa shape index (κ2) is 5.76. The van der Waals surface area contributed by atoms with Crippen molar-refractivity contribution in [3.8, 4) is 5.75 Å². The summed E-state index contributed by atoms with van der Waals surface area (Å²) in [6.45, 7) is 0. The molecule has 0 amide bonds. The van der Waals surface area contributed by atoms with Gasteiger partial charge in [-0.15, -0.1) is 0 Å². The third-order valence-corrected chi connectivity index (χ3v) is 3.13. The van der Waals surface area contributed by atoms with E-state index in [0.29, 0.717) is 22.7 Å². The zero-order valence-corrected chi connectivity index (χ0v) is 11.3. The highest BCUT2D eigenvalue weighted by atomic mass is 35.5. The average Bonchev–Trinajstić information content (AvgIpc) is 2.39. The molecule has 0 aromatic heterocycles. The van der Waals surface area contributed by atoms with Gasteiger partial charge in [0, 0.05) is 17.7 Å². The number of rotatable bonds is 4.